The number of hydrogen-bond acceptors (Lipinski definition) is 3. The third kappa shape index (κ3) is 5.63. The number of nitrogens with zero attached hydrogens (tertiary/aromatic N) is 2. The summed E-state index contributed by atoms with van der Waals surface area (Å²) in [4.78, 5) is 4.84. The van der Waals surface area contributed by atoms with Gasteiger partial charge < -0.3 is 14.5 Å². The number of benzene rings is 2. The topological polar surface area (TPSA) is 15.7 Å². The molecule has 0 spiro atoms. The molecule has 31 heavy (non-hydrogen) atoms. The maximum Gasteiger partial charge on any atom is 0.119 e. The van der Waals surface area contributed by atoms with Crippen molar-refractivity contribution in [2.24, 2.45) is 5.92 Å². The number of unbranched alkanes of at least 4 members (excludes halogenated alkanes) is 1. The summed E-state index contributed by atoms with van der Waals surface area (Å²) < 4.78 is 6.44. The van der Waals surface area contributed by atoms with Crippen molar-refractivity contribution in [1.82, 2.24) is 4.90 Å². The Hall–Kier alpha value is -2.00. The lowest BCUT2D eigenvalue weighted by molar-refractivity contribution is 0.110. The van der Waals surface area contributed by atoms with E-state index in [2.05, 4.69) is 73.3 Å². The first-order valence-electron chi connectivity index (χ1n) is 12.4. The van der Waals surface area contributed by atoms with Crippen molar-refractivity contribution in [3.8, 4) is 5.75 Å². The van der Waals surface area contributed by atoms with Gasteiger partial charge >= 0.3 is 0 Å². The van der Waals surface area contributed by atoms with Crippen molar-refractivity contribution in [3.63, 3.8) is 0 Å². The van der Waals surface area contributed by atoms with Crippen LogP contribution in [-0.2, 0) is 12.8 Å². The number of hydrogen-bond donors (Lipinski definition) is 0. The first-order chi connectivity index (χ1) is 15.1. The van der Waals surface area contributed by atoms with Crippen molar-refractivity contribution in [2.75, 3.05) is 45.2 Å². The molecule has 0 aromatic heterocycles. The van der Waals surface area contributed by atoms with E-state index < -0.39 is 0 Å². The third-order valence-electron chi connectivity index (χ3n) is 7.27. The highest BCUT2D eigenvalue weighted by atomic mass is 16.5. The Labute approximate surface area is 189 Å². The predicted octanol–water partition coefficient (Wildman–Crippen LogP) is 5.92. The third-order valence-corrected chi connectivity index (χ3v) is 7.27. The second kappa shape index (κ2) is 10.5. The number of ether oxygens (including phenoxy) is 1. The molecule has 1 aliphatic heterocycles. The van der Waals surface area contributed by atoms with Gasteiger partial charge in [0.05, 0.1) is 6.61 Å². The lowest BCUT2D eigenvalue weighted by Gasteiger charge is -2.39. The van der Waals surface area contributed by atoms with Gasteiger partial charge in [0.2, 0.25) is 0 Å². The van der Waals surface area contributed by atoms with Gasteiger partial charge in [0.25, 0.3) is 0 Å². The van der Waals surface area contributed by atoms with Crippen LogP contribution in [-0.4, -0.2) is 45.2 Å². The van der Waals surface area contributed by atoms with Crippen molar-refractivity contribution in [2.45, 2.75) is 57.8 Å². The summed E-state index contributed by atoms with van der Waals surface area (Å²) in [7, 11) is 4.22. The van der Waals surface area contributed by atoms with Crippen LogP contribution < -0.4 is 9.64 Å². The zero-order valence-corrected chi connectivity index (χ0v) is 19.8. The smallest absolute Gasteiger partial charge is 0.119 e. The van der Waals surface area contributed by atoms with Gasteiger partial charge in [0.1, 0.15) is 5.75 Å². The molecule has 1 heterocycles. The molecule has 0 bridgehead atoms. The van der Waals surface area contributed by atoms with Crippen LogP contribution in [0, 0.1) is 5.92 Å². The van der Waals surface area contributed by atoms with Crippen LogP contribution >= 0.6 is 0 Å². The van der Waals surface area contributed by atoms with E-state index in [1.807, 2.05) is 0 Å². The maximum absolute atomic E-state index is 6.44. The minimum Gasteiger partial charge on any atom is -0.493 e. The zero-order valence-electron chi connectivity index (χ0n) is 19.8. The van der Waals surface area contributed by atoms with Crippen LogP contribution in [0.15, 0.2) is 42.5 Å². The fourth-order valence-corrected chi connectivity index (χ4v) is 5.32. The molecule has 0 saturated carbocycles. The maximum atomic E-state index is 6.44. The molecule has 1 saturated heterocycles. The number of piperidine rings is 1. The highest BCUT2D eigenvalue weighted by Gasteiger charge is 2.31. The van der Waals surface area contributed by atoms with Crippen LogP contribution in [0.25, 0.3) is 0 Å². The van der Waals surface area contributed by atoms with Crippen LogP contribution in [0.3, 0.4) is 0 Å². The average molecular weight is 421 g/mol. The number of fused-ring (bicyclic) bond motifs is 1. The Morgan fingerprint density at radius 1 is 1.00 bits per heavy atom. The van der Waals surface area contributed by atoms with Gasteiger partial charge in [-0.15, -0.1) is 0 Å². The molecule has 1 fully saturated rings. The molecule has 168 valence electrons. The molecule has 4 rings (SSSR count). The SMILES string of the molecule is CCCCN1CC[C@@H](c2ccc(N(C)C)cc2)[C@H](COc2ccc3c(c2)CCCC3)C1. The standard InChI is InChI=1S/C28H40N2O/c1-4-5-17-30-18-16-28(23-10-13-26(14-11-23)29(2)3)25(20-30)21-31-27-15-12-22-8-6-7-9-24(22)19-27/h10-15,19,25,28H,4-9,16-18,20-21H2,1-3H3/t25-,28-/m0/s1. The quantitative estimate of drug-likeness (QED) is 0.527. The summed E-state index contributed by atoms with van der Waals surface area (Å²) >= 11 is 0. The number of anilines is 1. The van der Waals surface area contributed by atoms with Gasteiger partial charge in [-0.2, -0.15) is 0 Å². The van der Waals surface area contributed by atoms with E-state index in [0.717, 1.165) is 18.9 Å². The summed E-state index contributed by atoms with van der Waals surface area (Å²) in [5.74, 6) is 2.17. The minimum atomic E-state index is 0.534. The summed E-state index contributed by atoms with van der Waals surface area (Å²) in [6.07, 6.45) is 8.87. The Balaban J connectivity index is 1.46. The lowest BCUT2D eigenvalue weighted by Crippen LogP contribution is -2.42. The van der Waals surface area contributed by atoms with Crippen molar-refractivity contribution in [1.29, 1.82) is 0 Å². The van der Waals surface area contributed by atoms with Crippen LogP contribution in [0.5, 0.6) is 5.75 Å². The molecule has 0 N–H and O–H groups in total. The molecule has 0 amide bonds. The summed E-state index contributed by atoms with van der Waals surface area (Å²) in [5.41, 5.74) is 5.78. The predicted molar refractivity (Wildman–Crippen MR) is 132 cm³/mol. The van der Waals surface area contributed by atoms with Crippen molar-refractivity contribution in [3.05, 3.63) is 59.2 Å². The number of aryl methyl sites for hydroxylation is 2. The molecule has 1 aliphatic carbocycles. The molecule has 2 aromatic rings. The summed E-state index contributed by atoms with van der Waals surface area (Å²) in [5, 5.41) is 0. The van der Waals surface area contributed by atoms with E-state index in [1.54, 1.807) is 0 Å². The van der Waals surface area contributed by atoms with E-state index >= 15 is 0 Å². The monoisotopic (exact) mass is 420 g/mol. The van der Waals surface area contributed by atoms with Crippen LogP contribution in [0.4, 0.5) is 5.69 Å². The first-order valence-corrected chi connectivity index (χ1v) is 12.4. The minimum absolute atomic E-state index is 0.534. The Kier molecular flexibility index (Phi) is 7.55. The fourth-order valence-electron chi connectivity index (χ4n) is 5.32. The van der Waals surface area contributed by atoms with Crippen molar-refractivity contribution >= 4 is 5.69 Å². The highest BCUT2D eigenvalue weighted by molar-refractivity contribution is 5.46. The summed E-state index contributed by atoms with van der Waals surface area (Å²) in [6, 6.07) is 16.0. The highest BCUT2D eigenvalue weighted by Crippen LogP contribution is 2.35. The zero-order chi connectivity index (χ0) is 21.6. The lowest BCUT2D eigenvalue weighted by atomic mass is 9.80. The summed E-state index contributed by atoms with van der Waals surface area (Å²) in [6.45, 7) is 6.66. The second-order valence-corrected chi connectivity index (χ2v) is 9.74. The van der Waals surface area contributed by atoms with Gasteiger partial charge in [0.15, 0.2) is 0 Å². The molecule has 0 unspecified atom stereocenters. The molecular formula is C28H40N2O. The Morgan fingerprint density at radius 2 is 1.77 bits per heavy atom. The molecule has 3 heteroatoms. The van der Waals surface area contributed by atoms with Gasteiger partial charge in [-0.1, -0.05) is 31.5 Å². The van der Waals surface area contributed by atoms with Crippen molar-refractivity contribution < 1.29 is 4.74 Å². The molecule has 2 aromatic carbocycles. The normalized spacial score (nSPS) is 21.5. The average Bonchev–Trinajstić information content (AvgIpc) is 2.81. The van der Waals surface area contributed by atoms with E-state index in [1.165, 1.54) is 80.4 Å². The van der Waals surface area contributed by atoms with E-state index in [9.17, 15) is 0 Å². The molecule has 0 radical (unpaired) electrons. The number of likely N-dealkylation sites (tertiary alicyclic amines) is 1. The van der Waals surface area contributed by atoms with Gasteiger partial charge in [-0.25, -0.2) is 0 Å². The Morgan fingerprint density at radius 3 is 2.52 bits per heavy atom. The van der Waals surface area contributed by atoms with E-state index in [4.69, 9.17) is 4.74 Å². The second-order valence-electron chi connectivity index (χ2n) is 9.74. The Bertz CT molecular complexity index is 829. The van der Waals surface area contributed by atoms with Gasteiger partial charge in [-0.3, -0.25) is 0 Å². The molecule has 2 aliphatic rings. The largest absolute Gasteiger partial charge is 0.493 e. The van der Waals surface area contributed by atoms with E-state index in [-0.39, 0.29) is 0 Å². The van der Waals surface area contributed by atoms with Crippen LogP contribution in [0.1, 0.15) is 61.6 Å². The van der Waals surface area contributed by atoms with E-state index in [0.29, 0.717) is 11.8 Å². The van der Waals surface area contributed by atoms with Crippen LogP contribution in [0.2, 0.25) is 0 Å². The fraction of sp³-hybridized carbons (Fsp3) is 0.571. The van der Waals surface area contributed by atoms with Gasteiger partial charge in [-0.05, 0) is 98.5 Å². The van der Waals surface area contributed by atoms with Gasteiger partial charge in [0, 0.05) is 32.2 Å². The molecule has 2 atom stereocenters. The molecule has 3 nitrogen and oxygen atoms in total. The number of rotatable bonds is 8. The first kappa shape index (κ1) is 22.2. The molecular weight excluding hydrogens is 380 g/mol.